The zero-order chi connectivity index (χ0) is 18.5. The van der Waals surface area contributed by atoms with Gasteiger partial charge in [-0.3, -0.25) is 4.79 Å². The standard InChI is InChI=1S/C17H14FNO.2C2H6/c1-12-6-5-9-15(16(12)18)17(20)14(10-11-19)13-7-3-2-4-8-13;2*1-2/h2-9,14H,10H2,1H3;2*1-2H3. The topological polar surface area (TPSA) is 40.9 Å². The van der Waals surface area contributed by atoms with Crippen LogP contribution in [0.5, 0.6) is 0 Å². The molecule has 2 nitrogen and oxygen atoms in total. The van der Waals surface area contributed by atoms with Crippen molar-refractivity contribution in [3.63, 3.8) is 0 Å². The smallest absolute Gasteiger partial charge is 0.174 e. The fraction of sp³-hybridized carbons (Fsp3) is 0.333. The van der Waals surface area contributed by atoms with E-state index < -0.39 is 11.7 Å². The van der Waals surface area contributed by atoms with Crippen molar-refractivity contribution in [3.8, 4) is 6.07 Å². The molecule has 0 amide bonds. The number of rotatable bonds is 4. The van der Waals surface area contributed by atoms with Crippen LogP contribution in [0.3, 0.4) is 0 Å². The van der Waals surface area contributed by atoms with Gasteiger partial charge in [-0.05, 0) is 24.1 Å². The van der Waals surface area contributed by atoms with Crippen LogP contribution in [0, 0.1) is 24.1 Å². The Bertz CT molecular complexity index is 659. The predicted octanol–water partition coefficient (Wildman–Crippen LogP) is 6.07. The summed E-state index contributed by atoms with van der Waals surface area (Å²) in [6.07, 6.45) is 0.0379. The molecule has 0 N–H and O–H groups in total. The minimum absolute atomic E-state index is 0.0379. The van der Waals surface area contributed by atoms with E-state index in [0.717, 1.165) is 5.56 Å². The van der Waals surface area contributed by atoms with Gasteiger partial charge in [0.15, 0.2) is 5.78 Å². The van der Waals surface area contributed by atoms with Gasteiger partial charge in [-0.15, -0.1) is 0 Å². The van der Waals surface area contributed by atoms with Crippen molar-refractivity contribution < 1.29 is 9.18 Å². The lowest BCUT2D eigenvalue weighted by Crippen LogP contribution is -2.14. The Hall–Kier alpha value is -2.47. The molecule has 2 aromatic rings. The van der Waals surface area contributed by atoms with Crippen molar-refractivity contribution >= 4 is 5.78 Å². The summed E-state index contributed by atoms with van der Waals surface area (Å²) in [6.45, 7) is 9.62. The molecule has 128 valence electrons. The fourth-order valence-electron chi connectivity index (χ4n) is 2.16. The molecule has 1 atom stereocenters. The van der Waals surface area contributed by atoms with Crippen LogP contribution < -0.4 is 0 Å². The highest BCUT2D eigenvalue weighted by molar-refractivity contribution is 6.01. The molecule has 2 aromatic carbocycles. The Morgan fingerprint density at radius 1 is 1.04 bits per heavy atom. The maximum atomic E-state index is 14.1. The van der Waals surface area contributed by atoms with Gasteiger partial charge in [-0.25, -0.2) is 4.39 Å². The van der Waals surface area contributed by atoms with Crippen molar-refractivity contribution in [2.75, 3.05) is 0 Å². The van der Waals surface area contributed by atoms with Gasteiger partial charge in [-0.1, -0.05) is 70.2 Å². The third-order valence-electron chi connectivity index (χ3n) is 3.27. The van der Waals surface area contributed by atoms with E-state index in [1.54, 1.807) is 43.3 Å². The molecule has 2 rings (SSSR count). The number of benzene rings is 2. The molecule has 3 heteroatoms. The Labute approximate surface area is 145 Å². The zero-order valence-corrected chi connectivity index (χ0v) is 15.1. The molecule has 1 unspecified atom stereocenters. The lowest BCUT2D eigenvalue weighted by atomic mass is 9.88. The van der Waals surface area contributed by atoms with E-state index in [9.17, 15) is 9.18 Å². The van der Waals surface area contributed by atoms with Crippen LogP contribution in [-0.4, -0.2) is 5.78 Å². The molecule has 0 heterocycles. The molecule has 0 bridgehead atoms. The Balaban J connectivity index is 0.00000123. The highest BCUT2D eigenvalue weighted by Gasteiger charge is 2.24. The largest absolute Gasteiger partial charge is 0.293 e. The quantitative estimate of drug-likeness (QED) is 0.640. The van der Waals surface area contributed by atoms with E-state index >= 15 is 0 Å². The summed E-state index contributed by atoms with van der Waals surface area (Å²) in [5, 5.41) is 8.92. The molecular weight excluding hydrogens is 301 g/mol. The third kappa shape index (κ3) is 5.62. The molecular formula is C21H26FNO. The first-order chi connectivity index (χ1) is 11.6. The highest BCUT2D eigenvalue weighted by atomic mass is 19.1. The summed E-state index contributed by atoms with van der Waals surface area (Å²) in [5.41, 5.74) is 1.22. The van der Waals surface area contributed by atoms with Gasteiger partial charge >= 0.3 is 0 Å². The first-order valence-corrected chi connectivity index (χ1v) is 8.36. The zero-order valence-electron chi connectivity index (χ0n) is 15.1. The highest BCUT2D eigenvalue weighted by Crippen LogP contribution is 2.26. The molecule has 0 aliphatic heterocycles. The maximum Gasteiger partial charge on any atom is 0.174 e. The first-order valence-electron chi connectivity index (χ1n) is 8.36. The Morgan fingerprint density at radius 2 is 1.62 bits per heavy atom. The average Bonchev–Trinajstić information content (AvgIpc) is 2.65. The second kappa shape index (κ2) is 12.0. The van der Waals surface area contributed by atoms with Gasteiger partial charge in [0.2, 0.25) is 0 Å². The summed E-state index contributed by atoms with van der Waals surface area (Å²) in [4.78, 5) is 12.5. The molecule has 24 heavy (non-hydrogen) atoms. The van der Waals surface area contributed by atoms with E-state index in [2.05, 4.69) is 0 Å². The second-order valence-electron chi connectivity index (χ2n) is 4.63. The number of carbonyl (C=O) groups is 1. The summed E-state index contributed by atoms with van der Waals surface area (Å²) in [5.74, 6) is -1.48. The molecule has 0 fully saturated rings. The molecule has 0 saturated heterocycles. The predicted molar refractivity (Wildman–Crippen MR) is 97.6 cm³/mol. The van der Waals surface area contributed by atoms with Gasteiger partial charge in [-0.2, -0.15) is 5.26 Å². The van der Waals surface area contributed by atoms with Crippen LogP contribution in [0.4, 0.5) is 4.39 Å². The Morgan fingerprint density at radius 3 is 2.17 bits per heavy atom. The maximum absolute atomic E-state index is 14.1. The summed E-state index contributed by atoms with van der Waals surface area (Å²) < 4.78 is 14.1. The van der Waals surface area contributed by atoms with Crippen molar-refractivity contribution in [1.29, 1.82) is 5.26 Å². The summed E-state index contributed by atoms with van der Waals surface area (Å²) >= 11 is 0. The molecule has 0 aliphatic carbocycles. The molecule has 0 radical (unpaired) electrons. The van der Waals surface area contributed by atoms with E-state index in [-0.39, 0.29) is 17.8 Å². The van der Waals surface area contributed by atoms with Gasteiger partial charge in [0.25, 0.3) is 0 Å². The van der Waals surface area contributed by atoms with Crippen LogP contribution in [-0.2, 0) is 0 Å². The van der Waals surface area contributed by atoms with Crippen LogP contribution in [0.15, 0.2) is 48.5 Å². The van der Waals surface area contributed by atoms with Crippen LogP contribution in [0.2, 0.25) is 0 Å². The van der Waals surface area contributed by atoms with Crippen LogP contribution in [0.1, 0.15) is 61.5 Å². The lowest BCUT2D eigenvalue weighted by Gasteiger charge is -2.14. The van der Waals surface area contributed by atoms with Crippen LogP contribution >= 0.6 is 0 Å². The van der Waals surface area contributed by atoms with Gasteiger partial charge in [0.1, 0.15) is 5.82 Å². The number of hydrogen-bond acceptors (Lipinski definition) is 2. The first kappa shape index (κ1) is 21.5. The van der Waals surface area contributed by atoms with Crippen LogP contribution in [0.25, 0.3) is 0 Å². The lowest BCUT2D eigenvalue weighted by molar-refractivity contribution is 0.0956. The summed E-state index contributed by atoms with van der Waals surface area (Å²) in [6, 6.07) is 15.8. The molecule has 0 aliphatic rings. The van der Waals surface area contributed by atoms with E-state index in [4.69, 9.17) is 5.26 Å². The van der Waals surface area contributed by atoms with E-state index in [1.165, 1.54) is 6.07 Å². The number of aryl methyl sites for hydroxylation is 1. The monoisotopic (exact) mass is 327 g/mol. The second-order valence-corrected chi connectivity index (χ2v) is 4.63. The number of Topliss-reactive ketones (excluding diaryl/α,β-unsaturated/α-hetero) is 1. The minimum Gasteiger partial charge on any atom is -0.293 e. The van der Waals surface area contributed by atoms with E-state index in [1.807, 2.05) is 39.8 Å². The van der Waals surface area contributed by atoms with Crippen molar-refractivity contribution in [2.24, 2.45) is 0 Å². The number of nitriles is 1. The van der Waals surface area contributed by atoms with Gasteiger partial charge in [0, 0.05) is 6.42 Å². The molecule has 0 spiro atoms. The third-order valence-corrected chi connectivity index (χ3v) is 3.27. The molecule has 0 aromatic heterocycles. The summed E-state index contributed by atoms with van der Waals surface area (Å²) in [7, 11) is 0. The van der Waals surface area contributed by atoms with Crippen molar-refractivity contribution in [1.82, 2.24) is 0 Å². The van der Waals surface area contributed by atoms with E-state index in [0.29, 0.717) is 5.56 Å². The Kier molecular flexibility index (Phi) is 10.8. The van der Waals surface area contributed by atoms with Crippen molar-refractivity contribution in [2.45, 2.75) is 47.0 Å². The van der Waals surface area contributed by atoms with Gasteiger partial charge < -0.3 is 0 Å². The number of ketones is 1. The number of nitrogens with zero attached hydrogens (tertiary/aromatic N) is 1. The number of halogens is 1. The van der Waals surface area contributed by atoms with Crippen molar-refractivity contribution in [3.05, 3.63) is 71.0 Å². The normalized spacial score (nSPS) is 10.2. The molecule has 0 saturated carbocycles. The van der Waals surface area contributed by atoms with Gasteiger partial charge in [0.05, 0.1) is 17.6 Å². The minimum atomic E-state index is -0.627. The number of hydrogen-bond donors (Lipinski definition) is 0. The average molecular weight is 327 g/mol. The number of carbonyl (C=O) groups excluding carboxylic acids is 1. The fourth-order valence-corrected chi connectivity index (χ4v) is 2.16. The SMILES string of the molecule is CC.CC.Cc1cccc(C(=O)C(CC#N)c2ccccc2)c1F.